The summed E-state index contributed by atoms with van der Waals surface area (Å²) in [6, 6.07) is 0. The Kier molecular flexibility index (Phi) is 5.44. The van der Waals surface area contributed by atoms with E-state index in [1.807, 2.05) is 17.3 Å². The molecule has 0 aromatic carbocycles. The molecular formula is C15H25N3O2. The third-order valence-corrected chi connectivity index (χ3v) is 3.86. The predicted molar refractivity (Wildman–Crippen MR) is 77.7 cm³/mol. The van der Waals surface area contributed by atoms with Crippen LogP contribution in [0, 0.1) is 0 Å². The van der Waals surface area contributed by atoms with Crippen molar-refractivity contribution in [1.82, 2.24) is 14.5 Å². The molecule has 5 heteroatoms. The van der Waals surface area contributed by atoms with Gasteiger partial charge >= 0.3 is 6.09 Å². The largest absolute Gasteiger partial charge is 0.449 e. The van der Waals surface area contributed by atoms with Crippen LogP contribution in [0.5, 0.6) is 0 Å². The molecule has 0 N–H and O–H groups in total. The number of imidazole rings is 1. The van der Waals surface area contributed by atoms with Crippen LogP contribution in [0.4, 0.5) is 4.79 Å². The van der Waals surface area contributed by atoms with Crippen LogP contribution in [0.2, 0.25) is 0 Å². The second-order valence-electron chi connectivity index (χ2n) is 5.32. The minimum Gasteiger partial charge on any atom is -0.449 e. The van der Waals surface area contributed by atoms with Crippen LogP contribution in [-0.2, 0) is 11.3 Å². The molecule has 0 unspecified atom stereocenters. The quantitative estimate of drug-likeness (QED) is 0.778. The van der Waals surface area contributed by atoms with Gasteiger partial charge < -0.3 is 14.2 Å². The first-order valence-corrected chi connectivity index (χ1v) is 7.69. The van der Waals surface area contributed by atoms with Gasteiger partial charge in [0, 0.05) is 37.9 Å². The molecule has 1 saturated heterocycles. The molecule has 1 atom stereocenters. The van der Waals surface area contributed by atoms with Crippen LogP contribution in [0.15, 0.2) is 12.4 Å². The van der Waals surface area contributed by atoms with Crippen LogP contribution >= 0.6 is 0 Å². The maximum absolute atomic E-state index is 12.0. The summed E-state index contributed by atoms with van der Waals surface area (Å²) in [5.41, 5.74) is 0. The van der Waals surface area contributed by atoms with Gasteiger partial charge in [-0.15, -0.1) is 0 Å². The van der Waals surface area contributed by atoms with Gasteiger partial charge in [0.15, 0.2) is 0 Å². The molecule has 0 bridgehead atoms. The molecule has 5 nitrogen and oxygen atoms in total. The van der Waals surface area contributed by atoms with Gasteiger partial charge in [0.25, 0.3) is 0 Å². The van der Waals surface area contributed by atoms with Gasteiger partial charge in [-0.1, -0.05) is 13.3 Å². The molecule has 2 heterocycles. The SMILES string of the molecule is CCCCOC(=O)N1CCC[C@H](c2nccn2CC)C1. The Balaban J connectivity index is 1.93. The Labute approximate surface area is 120 Å². The molecule has 1 aliphatic rings. The number of piperidine rings is 1. The number of carbonyl (C=O) groups is 1. The van der Waals surface area contributed by atoms with Crippen LogP contribution < -0.4 is 0 Å². The predicted octanol–water partition coefficient (Wildman–Crippen LogP) is 3.02. The summed E-state index contributed by atoms with van der Waals surface area (Å²) in [6.45, 7) is 7.18. The summed E-state index contributed by atoms with van der Waals surface area (Å²) in [6.07, 6.45) is 7.77. The minimum absolute atomic E-state index is 0.169. The van der Waals surface area contributed by atoms with E-state index in [0.29, 0.717) is 12.5 Å². The van der Waals surface area contributed by atoms with Crippen molar-refractivity contribution >= 4 is 6.09 Å². The summed E-state index contributed by atoms with van der Waals surface area (Å²) in [5.74, 6) is 1.43. The lowest BCUT2D eigenvalue weighted by Crippen LogP contribution is -2.40. The summed E-state index contributed by atoms with van der Waals surface area (Å²) >= 11 is 0. The summed E-state index contributed by atoms with van der Waals surface area (Å²) < 4.78 is 7.47. The number of ether oxygens (including phenoxy) is 1. The van der Waals surface area contributed by atoms with E-state index in [0.717, 1.165) is 51.1 Å². The van der Waals surface area contributed by atoms with Crippen molar-refractivity contribution in [3.63, 3.8) is 0 Å². The lowest BCUT2D eigenvalue weighted by Gasteiger charge is -2.31. The molecule has 1 aromatic rings. The number of carbonyl (C=O) groups excluding carboxylic acids is 1. The average Bonchev–Trinajstić information content (AvgIpc) is 2.96. The van der Waals surface area contributed by atoms with Gasteiger partial charge in [0.2, 0.25) is 0 Å². The second kappa shape index (κ2) is 7.31. The van der Waals surface area contributed by atoms with Crippen molar-refractivity contribution in [2.45, 2.75) is 52.0 Å². The van der Waals surface area contributed by atoms with Crippen LogP contribution in [0.1, 0.15) is 51.3 Å². The number of hydrogen-bond donors (Lipinski definition) is 0. The van der Waals surface area contributed by atoms with Gasteiger partial charge in [0.05, 0.1) is 6.61 Å². The monoisotopic (exact) mass is 279 g/mol. The maximum atomic E-state index is 12.0. The number of aromatic nitrogens is 2. The van der Waals surface area contributed by atoms with Crippen molar-refractivity contribution in [1.29, 1.82) is 0 Å². The first-order valence-electron chi connectivity index (χ1n) is 7.69. The Bertz CT molecular complexity index is 431. The molecule has 0 aliphatic carbocycles. The highest BCUT2D eigenvalue weighted by Gasteiger charge is 2.27. The molecule has 112 valence electrons. The Morgan fingerprint density at radius 2 is 2.35 bits per heavy atom. The Morgan fingerprint density at radius 3 is 3.10 bits per heavy atom. The molecule has 0 radical (unpaired) electrons. The number of nitrogens with zero attached hydrogens (tertiary/aromatic N) is 3. The van der Waals surface area contributed by atoms with E-state index in [1.54, 1.807) is 0 Å². The molecule has 1 amide bonds. The molecule has 20 heavy (non-hydrogen) atoms. The van der Waals surface area contributed by atoms with Gasteiger partial charge in [-0.2, -0.15) is 0 Å². The van der Waals surface area contributed by atoms with Crippen molar-refractivity contribution in [3.8, 4) is 0 Å². The van der Waals surface area contributed by atoms with E-state index >= 15 is 0 Å². The zero-order valence-electron chi connectivity index (χ0n) is 12.5. The zero-order valence-corrected chi connectivity index (χ0v) is 12.5. The van der Waals surface area contributed by atoms with E-state index in [2.05, 4.69) is 23.4 Å². The van der Waals surface area contributed by atoms with E-state index in [4.69, 9.17) is 4.74 Å². The summed E-state index contributed by atoms with van der Waals surface area (Å²) in [4.78, 5) is 18.3. The number of rotatable bonds is 5. The van der Waals surface area contributed by atoms with Gasteiger partial charge in [-0.25, -0.2) is 9.78 Å². The normalized spacial score (nSPS) is 19.1. The summed E-state index contributed by atoms with van der Waals surface area (Å²) in [5, 5.41) is 0. The van der Waals surface area contributed by atoms with Crippen molar-refractivity contribution in [3.05, 3.63) is 18.2 Å². The van der Waals surface area contributed by atoms with E-state index in [9.17, 15) is 4.79 Å². The molecule has 1 aliphatic heterocycles. The molecule has 2 rings (SSSR count). The standard InChI is InChI=1S/C15H25N3O2/c1-3-5-11-20-15(19)18-9-6-7-13(12-18)14-16-8-10-17(14)4-2/h8,10,13H,3-7,9,11-12H2,1-2H3/t13-/m0/s1. The minimum atomic E-state index is -0.169. The number of aryl methyl sites for hydroxylation is 1. The lowest BCUT2D eigenvalue weighted by atomic mass is 9.97. The van der Waals surface area contributed by atoms with E-state index in [-0.39, 0.29) is 6.09 Å². The maximum Gasteiger partial charge on any atom is 0.409 e. The average molecular weight is 279 g/mol. The second-order valence-corrected chi connectivity index (χ2v) is 5.32. The first kappa shape index (κ1) is 14.9. The van der Waals surface area contributed by atoms with Crippen molar-refractivity contribution in [2.24, 2.45) is 0 Å². The van der Waals surface area contributed by atoms with Gasteiger partial charge in [-0.3, -0.25) is 0 Å². The smallest absolute Gasteiger partial charge is 0.409 e. The third kappa shape index (κ3) is 3.52. The van der Waals surface area contributed by atoms with Gasteiger partial charge in [0.1, 0.15) is 5.82 Å². The highest BCUT2D eigenvalue weighted by molar-refractivity contribution is 5.67. The fourth-order valence-corrected chi connectivity index (χ4v) is 2.70. The third-order valence-electron chi connectivity index (χ3n) is 3.86. The van der Waals surface area contributed by atoms with Crippen LogP contribution in [0.3, 0.4) is 0 Å². The Morgan fingerprint density at radius 1 is 1.50 bits per heavy atom. The topological polar surface area (TPSA) is 47.4 Å². The van der Waals surface area contributed by atoms with E-state index < -0.39 is 0 Å². The zero-order chi connectivity index (χ0) is 14.4. The van der Waals surface area contributed by atoms with Crippen molar-refractivity contribution < 1.29 is 9.53 Å². The van der Waals surface area contributed by atoms with Gasteiger partial charge in [-0.05, 0) is 26.2 Å². The van der Waals surface area contributed by atoms with Crippen molar-refractivity contribution in [2.75, 3.05) is 19.7 Å². The van der Waals surface area contributed by atoms with E-state index in [1.165, 1.54) is 0 Å². The number of likely N-dealkylation sites (tertiary alicyclic amines) is 1. The number of amides is 1. The lowest BCUT2D eigenvalue weighted by molar-refractivity contribution is 0.0896. The Hall–Kier alpha value is -1.52. The molecule has 0 saturated carbocycles. The molecule has 1 aromatic heterocycles. The summed E-state index contributed by atoms with van der Waals surface area (Å²) in [7, 11) is 0. The highest BCUT2D eigenvalue weighted by atomic mass is 16.6. The fraction of sp³-hybridized carbons (Fsp3) is 0.733. The first-order chi connectivity index (χ1) is 9.76. The number of unbranched alkanes of at least 4 members (excludes halogenated alkanes) is 1. The van der Waals surface area contributed by atoms with Crippen LogP contribution in [0.25, 0.3) is 0 Å². The molecule has 0 spiro atoms. The van der Waals surface area contributed by atoms with Crippen LogP contribution in [-0.4, -0.2) is 40.2 Å². The molecule has 1 fully saturated rings. The number of hydrogen-bond acceptors (Lipinski definition) is 3. The fourth-order valence-electron chi connectivity index (χ4n) is 2.70. The molecular weight excluding hydrogens is 254 g/mol. The highest BCUT2D eigenvalue weighted by Crippen LogP contribution is 2.26.